The molecule has 0 heterocycles. The largest absolute Gasteiger partial charge is 0.573 e. The molecule has 0 spiro atoms. The first kappa shape index (κ1) is 21.6. The van der Waals surface area contributed by atoms with E-state index in [-0.39, 0.29) is 36.7 Å². The monoisotopic (exact) mass is 376 g/mol. The summed E-state index contributed by atoms with van der Waals surface area (Å²) in [5.74, 6) is -0.704. The molecule has 0 aliphatic carbocycles. The van der Waals surface area contributed by atoms with Crippen LogP contribution in [0.15, 0.2) is 24.3 Å². The van der Waals surface area contributed by atoms with Gasteiger partial charge in [-0.1, -0.05) is 18.2 Å². The number of alkyl carbamates (subject to hydrolysis) is 1. The van der Waals surface area contributed by atoms with Crippen LogP contribution in [0.25, 0.3) is 0 Å². The standard InChI is InChI=1S/C17H23F3N2O4/c1-16(2,3)26-15(24)21-10-6-9-14(23)22-11-12-7-4-5-8-13(12)25-17(18,19)20/h4-5,7-8H,6,9-11H2,1-3H3,(H,21,24)(H,22,23). The summed E-state index contributed by atoms with van der Waals surface area (Å²) in [7, 11) is 0. The van der Waals surface area contributed by atoms with Gasteiger partial charge in [0.05, 0.1) is 0 Å². The summed E-state index contributed by atoms with van der Waals surface area (Å²) in [6.45, 7) is 5.36. The van der Waals surface area contributed by atoms with Gasteiger partial charge in [0.2, 0.25) is 5.91 Å². The Kier molecular flexibility index (Phi) is 7.73. The van der Waals surface area contributed by atoms with Crippen molar-refractivity contribution in [3.63, 3.8) is 0 Å². The molecule has 9 heteroatoms. The third kappa shape index (κ3) is 9.75. The van der Waals surface area contributed by atoms with E-state index in [0.29, 0.717) is 6.42 Å². The molecule has 0 aliphatic heterocycles. The predicted octanol–water partition coefficient (Wildman–Crippen LogP) is 3.51. The van der Waals surface area contributed by atoms with E-state index in [1.165, 1.54) is 18.2 Å². The maximum Gasteiger partial charge on any atom is 0.573 e. The molecule has 0 unspecified atom stereocenters. The zero-order valence-electron chi connectivity index (χ0n) is 14.9. The summed E-state index contributed by atoms with van der Waals surface area (Å²) < 4.78 is 46.0. The van der Waals surface area contributed by atoms with E-state index in [0.717, 1.165) is 0 Å². The zero-order chi connectivity index (χ0) is 19.8. The highest BCUT2D eigenvalue weighted by Gasteiger charge is 2.31. The van der Waals surface area contributed by atoms with Gasteiger partial charge < -0.3 is 20.1 Å². The second kappa shape index (κ2) is 9.30. The molecule has 0 bridgehead atoms. The number of amides is 2. The molecule has 0 saturated carbocycles. The summed E-state index contributed by atoms with van der Waals surface area (Å²) in [4.78, 5) is 23.2. The number of alkyl halides is 3. The Morgan fingerprint density at radius 3 is 2.35 bits per heavy atom. The fraction of sp³-hybridized carbons (Fsp3) is 0.529. The average Bonchev–Trinajstić information content (AvgIpc) is 2.47. The normalized spacial score (nSPS) is 11.6. The lowest BCUT2D eigenvalue weighted by Gasteiger charge is -2.19. The van der Waals surface area contributed by atoms with Crippen molar-refractivity contribution in [2.75, 3.05) is 6.54 Å². The van der Waals surface area contributed by atoms with Gasteiger partial charge in [-0.25, -0.2) is 4.79 Å². The van der Waals surface area contributed by atoms with Crippen LogP contribution in [0, 0.1) is 0 Å². The summed E-state index contributed by atoms with van der Waals surface area (Å²) in [6.07, 6.45) is -4.90. The maximum absolute atomic E-state index is 12.3. The second-order valence-electron chi connectivity index (χ2n) is 6.46. The number of hydrogen-bond acceptors (Lipinski definition) is 4. The van der Waals surface area contributed by atoms with E-state index in [1.54, 1.807) is 26.8 Å². The van der Waals surface area contributed by atoms with Gasteiger partial charge in [-0.2, -0.15) is 0 Å². The number of para-hydroxylation sites is 1. The van der Waals surface area contributed by atoms with Crippen molar-refractivity contribution in [2.24, 2.45) is 0 Å². The van der Waals surface area contributed by atoms with E-state index in [2.05, 4.69) is 15.4 Å². The number of carbonyl (C=O) groups is 2. The summed E-state index contributed by atoms with van der Waals surface area (Å²) in [5.41, 5.74) is -0.391. The molecular weight excluding hydrogens is 353 g/mol. The van der Waals surface area contributed by atoms with Crippen LogP contribution < -0.4 is 15.4 Å². The van der Waals surface area contributed by atoms with Crippen LogP contribution in [0.5, 0.6) is 5.75 Å². The van der Waals surface area contributed by atoms with E-state index in [4.69, 9.17) is 4.74 Å². The highest BCUT2D eigenvalue weighted by atomic mass is 19.4. The highest BCUT2D eigenvalue weighted by molar-refractivity contribution is 5.76. The van der Waals surface area contributed by atoms with Crippen molar-refractivity contribution in [3.05, 3.63) is 29.8 Å². The van der Waals surface area contributed by atoms with E-state index in [1.807, 2.05) is 0 Å². The fourth-order valence-corrected chi connectivity index (χ4v) is 1.91. The maximum atomic E-state index is 12.3. The molecule has 1 rings (SSSR count). The number of nitrogens with one attached hydrogen (secondary N) is 2. The Balaban J connectivity index is 2.34. The molecular formula is C17H23F3N2O4. The number of rotatable bonds is 7. The minimum absolute atomic E-state index is 0.0927. The molecule has 146 valence electrons. The quantitative estimate of drug-likeness (QED) is 0.714. The molecule has 0 saturated heterocycles. The summed E-state index contributed by atoms with van der Waals surface area (Å²) >= 11 is 0. The van der Waals surface area contributed by atoms with Crippen molar-refractivity contribution in [3.8, 4) is 5.75 Å². The lowest BCUT2D eigenvalue weighted by atomic mass is 10.2. The molecule has 0 fully saturated rings. The van der Waals surface area contributed by atoms with Gasteiger partial charge in [0.25, 0.3) is 0 Å². The van der Waals surface area contributed by atoms with Crippen LogP contribution in [0.1, 0.15) is 39.2 Å². The van der Waals surface area contributed by atoms with Crippen LogP contribution in [-0.4, -0.2) is 30.5 Å². The second-order valence-corrected chi connectivity index (χ2v) is 6.46. The van der Waals surface area contributed by atoms with Crippen molar-refractivity contribution in [1.82, 2.24) is 10.6 Å². The molecule has 0 atom stereocenters. The summed E-state index contributed by atoms with van der Waals surface area (Å²) in [6, 6.07) is 5.58. The predicted molar refractivity (Wildman–Crippen MR) is 88.4 cm³/mol. The molecule has 0 radical (unpaired) electrons. The third-order valence-corrected chi connectivity index (χ3v) is 2.92. The number of halogens is 3. The van der Waals surface area contributed by atoms with Crippen LogP contribution >= 0.6 is 0 Å². The van der Waals surface area contributed by atoms with Gasteiger partial charge in [-0.05, 0) is 33.3 Å². The smallest absolute Gasteiger partial charge is 0.444 e. The SMILES string of the molecule is CC(C)(C)OC(=O)NCCCC(=O)NCc1ccccc1OC(F)(F)F. The minimum Gasteiger partial charge on any atom is -0.444 e. The van der Waals surface area contributed by atoms with Crippen molar-refractivity contribution in [2.45, 2.75) is 52.1 Å². The van der Waals surface area contributed by atoms with Gasteiger partial charge >= 0.3 is 12.5 Å². The van der Waals surface area contributed by atoms with Crippen LogP contribution in [0.4, 0.5) is 18.0 Å². The van der Waals surface area contributed by atoms with Crippen LogP contribution in [0.3, 0.4) is 0 Å². The van der Waals surface area contributed by atoms with E-state index < -0.39 is 18.1 Å². The molecule has 6 nitrogen and oxygen atoms in total. The molecule has 0 aromatic heterocycles. The molecule has 26 heavy (non-hydrogen) atoms. The van der Waals surface area contributed by atoms with Gasteiger partial charge in [0.1, 0.15) is 11.4 Å². The Morgan fingerprint density at radius 2 is 1.73 bits per heavy atom. The molecule has 0 aliphatic rings. The molecule has 1 aromatic rings. The number of hydrogen-bond donors (Lipinski definition) is 2. The van der Waals surface area contributed by atoms with Gasteiger partial charge in [-0.15, -0.1) is 13.2 Å². The van der Waals surface area contributed by atoms with Crippen LogP contribution in [0.2, 0.25) is 0 Å². The van der Waals surface area contributed by atoms with Crippen molar-refractivity contribution >= 4 is 12.0 Å². The zero-order valence-corrected chi connectivity index (χ0v) is 14.9. The Morgan fingerprint density at radius 1 is 1.08 bits per heavy atom. The van der Waals surface area contributed by atoms with Crippen molar-refractivity contribution < 1.29 is 32.2 Å². The van der Waals surface area contributed by atoms with E-state index in [9.17, 15) is 22.8 Å². The first-order valence-electron chi connectivity index (χ1n) is 8.03. The fourth-order valence-electron chi connectivity index (χ4n) is 1.91. The third-order valence-electron chi connectivity index (χ3n) is 2.92. The van der Waals surface area contributed by atoms with Gasteiger partial charge in [0.15, 0.2) is 0 Å². The molecule has 2 amide bonds. The molecule has 1 aromatic carbocycles. The van der Waals surface area contributed by atoms with Crippen LogP contribution in [-0.2, 0) is 16.1 Å². The lowest BCUT2D eigenvalue weighted by Crippen LogP contribution is -2.33. The number of ether oxygens (including phenoxy) is 2. The highest BCUT2D eigenvalue weighted by Crippen LogP contribution is 2.26. The number of benzene rings is 1. The number of carbonyl (C=O) groups excluding carboxylic acids is 2. The van der Waals surface area contributed by atoms with E-state index >= 15 is 0 Å². The van der Waals surface area contributed by atoms with Crippen molar-refractivity contribution in [1.29, 1.82) is 0 Å². The molecule has 2 N–H and O–H groups in total. The Bertz CT molecular complexity index is 613. The Hall–Kier alpha value is -2.45. The first-order chi connectivity index (χ1) is 12.0. The topological polar surface area (TPSA) is 76.7 Å². The average molecular weight is 376 g/mol. The summed E-state index contributed by atoms with van der Waals surface area (Å²) in [5, 5.41) is 5.04. The van der Waals surface area contributed by atoms with Gasteiger partial charge in [0, 0.05) is 25.1 Å². The van der Waals surface area contributed by atoms with Gasteiger partial charge in [-0.3, -0.25) is 4.79 Å². The first-order valence-corrected chi connectivity index (χ1v) is 8.03. The Labute approximate surface area is 150 Å². The minimum atomic E-state index is -4.80. The lowest BCUT2D eigenvalue weighted by molar-refractivity contribution is -0.274.